The molecule has 106 valence electrons. The zero-order valence-corrected chi connectivity index (χ0v) is 11.9. The van der Waals surface area contributed by atoms with E-state index in [-0.39, 0.29) is 5.91 Å². The van der Waals surface area contributed by atoms with E-state index in [2.05, 4.69) is 12.2 Å². The Morgan fingerprint density at radius 1 is 1.06 bits per heavy atom. The summed E-state index contributed by atoms with van der Waals surface area (Å²) in [5, 5.41) is 3.15. The minimum Gasteiger partial charge on any atom is -0.353 e. The molecule has 0 aromatic heterocycles. The van der Waals surface area contributed by atoms with Crippen LogP contribution >= 0.6 is 0 Å². The molecule has 3 heteroatoms. The van der Waals surface area contributed by atoms with Gasteiger partial charge in [-0.25, -0.2) is 0 Å². The van der Waals surface area contributed by atoms with Gasteiger partial charge in [0.2, 0.25) is 5.91 Å². The van der Waals surface area contributed by atoms with E-state index in [1.54, 1.807) is 0 Å². The maximum atomic E-state index is 11.7. The predicted molar refractivity (Wildman–Crippen MR) is 76.4 cm³/mol. The lowest BCUT2D eigenvalue weighted by Crippen LogP contribution is -2.40. The molecular weight excluding hydrogens is 224 g/mol. The molecule has 3 nitrogen and oxygen atoms in total. The van der Waals surface area contributed by atoms with Crippen molar-refractivity contribution in [1.29, 1.82) is 0 Å². The van der Waals surface area contributed by atoms with Gasteiger partial charge in [-0.1, -0.05) is 39.0 Å². The molecule has 0 heterocycles. The third-order valence-electron chi connectivity index (χ3n) is 3.89. The van der Waals surface area contributed by atoms with Crippen LogP contribution in [0.4, 0.5) is 0 Å². The van der Waals surface area contributed by atoms with Crippen molar-refractivity contribution in [3.8, 4) is 0 Å². The fourth-order valence-electron chi connectivity index (χ4n) is 2.63. The van der Waals surface area contributed by atoms with Crippen LogP contribution in [0.15, 0.2) is 0 Å². The Bertz CT molecular complexity index is 223. The van der Waals surface area contributed by atoms with Gasteiger partial charge in [0.05, 0.1) is 0 Å². The zero-order chi connectivity index (χ0) is 13.2. The van der Waals surface area contributed by atoms with E-state index in [1.807, 2.05) is 0 Å². The molecule has 0 aliphatic heterocycles. The highest BCUT2D eigenvalue weighted by molar-refractivity contribution is 5.76. The molecule has 1 aliphatic rings. The fourth-order valence-corrected chi connectivity index (χ4v) is 2.63. The van der Waals surface area contributed by atoms with Gasteiger partial charge in [-0.2, -0.15) is 0 Å². The van der Waals surface area contributed by atoms with Gasteiger partial charge < -0.3 is 11.1 Å². The molecule has 0 unspecified atom stereocenters. The summed E-state index contributed by atoms with van der Waals surface area (Å²) in [5.41, 5.74) is 5.85. The maximum Gasteiger partial charge on any atom is 0.220 e. The first-order chi connectivity index (χ1) is 8.72. The number of amides is 1. The Morgan fingerprint density at radius 2 is 1.67 bits per heavy atom. The van der Waals surface area contributed by atoms with Crippen LogP contribution in [0.3, 0.4) is 0 Å². The van der Waals surface area contributed by atoms with Crippen LogP contribution in [0.2, 0.25) is 0 Å². The Kier molecular flexibility index (Phi) is 8.06. The van der Waals surface area contributed by atoms with Gasteiger partial charge in [0.25, 0.3) is 0 Å². The van der Waals surface area contributed by atoms with E-state index in [4.69, 9.17) is 5.73 Å². The smallest absolute Gasteiger partial charge is 0.220 e. The molecular formula is C15H30N2O. The summed E-state index contributed by atoms with van der Waals surface area (Å²) < 4.78 is 0. The highest BCUT2D eigenvalue weighted by atomic mass is 16.1. The van der Waals surface area contributed by atoms with Crippen molar-refractivity contribution in [3.05, 3.63) is 0 Å². The maximum absolute atomic E-state index is 11.7. The molecule has 1 aliphatic carbocycles. The van der Waals surface area contributed by atoms with Crippen LogP contribution in [0.5, 0.6) is 0 Å². The van der Waals surface area contributed by atoms with Gasteiger partial charge in [-0.15, -0.1) is 0 Å². The number of carbonyl (C=O) groups is 1. The van der Waals surface area contributed by atoms with Gasteiger partial charge in [0.1, 0.15) is 0 Å². The van der Waals surface area contributed by atoms with Crippen molar-refractivity contribution in [2.75, 3.05) is 0 Å². The zero-order valence-electron chi connectivity index (χ0n) is 11.9. The molecule has 1 amide bonds. The first kappa shape index (κ1) is 15.5. The van der Waals surface area contributed by atoms with E-state index >= 15 is 0 Å². The predicted octanol–water partition coefficient (Wildman–Crippen LogP) is 3.12. The molecule has 0 radical (unpaired) electrons. The summed E-state index contributed by atoms with van der Waals surface area (Å²) in [5.74, 6) is 0.242. The Hall–Kier alpha value is -0.570. The topological polar surface area (TPSA) is 55.1 Å². The average molecular weight is 254 g/mol. The molecule has 0 spiro atoms. The van der Waals surface area contributed by atoms with Crippen molar-refractivity contribution >= 4 is 5.91 Å². The molecule has 18 heavy (non-hydrogen) atoms. The molecule has 0 bridgehead atoms. The second kappa shape index (κ2) is 9.37. The molecule has 1 saturated carbocycles. The lowest BCUT2D eigenvalue weighted by Gasteiger charge is -2.26. The Labute approximate surface area is 112 Å². The van der Waals surface area contributed by atoms with Gasteiger partial charge >= 0.3 is 0 Å². The summed E-state index contributed by atoms with van der Waals surface area (Å²) in [4.78, 5) is 11.7. The average Bonchev–Trinajstić information content (AvgIpc) is 2.36. The Morgan fingerprint density at radius 3 is 2.33 bits per heavy atom. The number of carbonyl (C=O) groups excluding carboxylic acids is 1. The normalized spacial score (nSPS) is 23.9. The van der Waals surface area contributed by atoms with Crippen molar-refractivity contribution in [1.82, 2.24) is 5.32 Å². The summed E-state index contributed by atoms with van der Waals surface area (Å²) in [6.45, 7) is 2.23. The Balaban J connectivity index is 1.97. The summed E-state index contributed by atoms with van der Waals surface area (Å²) in [6, 6.07) is 0.745. The summed E-state index contributed by atoms with van der Waals surface area (Å²) in [7, 11) is 0. The third-order valence-corrected chi connectivity index (χ3v) is 3.89. The van der Waals surface area contributed by atoms with Crippen LogP contribution in [0.1, 0.15) is 77.6 Å². The standard InChI is InChI=1S/C15H30N2O/c1-2-3-4-5-6-7-8-15(18)17-14-11-9-13(16)10-12-14/h13-14H,2-12,16H2,1H3,(H,17,18). The minimum absolute atomic E-state index is 0.242. The number of nitrogens with two attached hydrogens (primary N) is 1. The van der Waals surface area contributed by atoms with Crippen LogP contribution in [0, 0.1) is 0 Å². The first-order valence-corrected chi connectivity index (χ1v) is 7.77. The molecule has 3 N–H and O–H groups in total. The van der Waals surface area contributed by atoms with Gasteiger partial charge in [-0.3, -0.25) is 4.79 Å². The number of rotatable bonds is 8. The van der Waals surface area contributed by atoms with Crippen molar-refractivity contribution in [2.24, 2.45) is 5.73 Å². The van der Waals surface area contributed by atoms with Crippen LogP contribution < -0.4 is 11.1 Å². The molecule has 0 saturated heterocycles. The first-order valence-electron chi connectivity index (χ1n) is 7.77. The monoisotopic (exact) mass is 254 g/mol. The SMILES string of the molecule is CCCCCCCCC(=O)NC1CCC(N)CC1. The highest BCUT2D eigenvalue weighted by Gasteiger charge is 2.19. The molecule has 1 fully saturated rings. The largest absolute Gasteiger partial charge is 0.353 e. The van der Waals surface area contributed by atoms with E-state index < -0.39 is 0 Å². The molecule has 0 atom stereocenters. The van der Waals surface area contributed by atoms with Crippen molar-refractivity contribution < 1.29 is 4.79 Å². The highest BCUT2D eigenvalue weighted by Crippen LogP contribution is 2.17. The van der Waals surface area contributed by atoms with Gasteiger partial charge in [0.15, 0.2) is 0 Å². The lowest BCUT2D eigenvalue weighted by atomic mass is 9.92. The van der Waals surface area contributed by atoms with E-state index in [0.29, 0.717) is 18.5 Å². The van der Waals surface area contributed by atoms with E-state index in [0.717, 1.165) is 32.1 Å². The number of hydrogen-bond acceptors (Lipinski definition) is 2. The van der Waals surface area contributed by atoms with Crippen molar-refractivity contribution in [2.45, 2.75) is 89.6 Å². The quantitative estimate of drug-likeness (QED) is 0.654. The number of hydrogen-bond donors (Lipinski definition) is 2. The lowest BCUT2D eigenvalue weighted by molar-refractivity contribution is -0.122. The van der Waals surface area contributed by atoms with E-state index in [1.165, 1.54) is 32.1 Å². The number of nitrogens with one attached hydrogen (secondary N) is 1. The van der Waals surface area contributed by atoms with Crippen LogP contribution in [-0.4, -0.2) is 18.0 Å². The summed E-state index contributed by atoms with van der Waals surface area (Å²) in [6.07, 6.45) is 12.4. The second-order valence-corrected chi connectivity index (χ2v) is 5.70. The molecule has 1 rings (SSSR count). The van der Waals surface area contributed by atoms with Crippen LogP contribution in [0.25, 0.3) is 0 Å². The summed E-state index contributed by atoms with van der Waals surface area (Å²) >= 11 is 0. The van der Waals surface area contributed by atoms with Crippen LogP contribution in [-0.2, 0) is 4.79 Å². The fraction of sp³-hybridized carbons (Fsp3) is 0.933. The van der Waals surface area contributed by atoms with Crippen molar-refractivity contribution in [3.63, 3.8) is 0 Å². The van der Waals surface area contributed by atoms with Gasteiger partial charge in [-0.05, 0) is 32.1 Å². The molecule has 0 aromatic carbocycles. The third kappa shape index (κ3) is 7.00. The number of unbranched alkanes of at least 4 members (excludes halogenated alkanes) is 5. The van der Waals surface area contributed by atoms with Gasteiger partial charge in [0, 0.05) is 18.5 Å². The van der Waals surface area contributed by atoms with E-state index in [9.17, 15) is 4.79 Å². The molecule has 0 aromatic rings. The second-order valence-electron chi connectivity index (χ2n) is 5.70. The minimum atomic E-state index is 0.242.